The van der Waals surface area contributed by atoms with Crippen LogP contribution in [0.25, 0.3) is 0 Å². The lowest BCUT2D eigenvalue weighted by Gasteiger charge is -2.19. The Kier molecular flexibility index (Phi) is 10.8. The second-order valence-corrected chi connectivity index (χ2v) is 7.99. The number of carboxylic acids is 1. The SMILES string of the molecule is CC(C(=O)O)c1ccccc1.CNCCC(Cc1cccc(OC)c1Cl)c1ccccc1. The maximum atomic E-state index is 10.5. The van der Waals surface area contributed by atoms with Gasteiger partial charge in [0.25, 0.3) is 0 Å². The molecule has 0 bridgehead atoms. The van der Waals surface area contributed by atoms with Crippen LogP contribution >= 0.6 is 11.6 Å². The molecule has 0 aliphatic carbocycles. The lowest BCUT2D eigenvalue weighted by molar-refractivity contribution is -0.138. The van der Waals surface area contributed by atoms with Crippen molar-refractivity contribution in [1.29, 1.82) is 0 Å². The van der Waals surface area contributed by atoms with Gasteiger partial charge in [0, 0.05) is 0 Å². The van der Waals surface area contributed by atoms with Gasteiger partial charge < -0.3 is 15.2 Å². The highest BCUT2D eigenvalue weighted by atomic mass is 35.5. The zero-order valence-corrected chi connectivity index (χ0v) is 19.7. The van der Waals surface area contributed by atoms with E-state index in [2.05, 4.69) is 41.7 Å². The van der Waals surface area contributed by atoms with Crippen LogP contribution in [-0.2, 0) is 11.2 Å². The molecule has 0 spiro atoms. The van der Waals surface area contributed by atoms with Crippen LogP contribution in [0.2, 0.25) is 5.02 Å². The fourth-order valence-electron chi connectivity index (χ4n) is 3.45. The zero-order valence-electron chi connectivity index (χ0n) is 18.9. The molecule has 0 saturated carbocycles. The molecule has 170 valence electrons. The number of benzene rings is 3. The first-order valence-corrected chi connectivity index (χ1v) is 11.1. The van der Waals surface area contributed by atoms with Gasteiger partial charge in [-0.05, 0) is 62.0 Å². The Bertz CT molecular complexity index is 948. The summed E-state index contributed by atoms with van der Waals surface area (Å²) in [7, 11) is 3.64. The molecule has 0 aromatic heterocycles. The summed E-state index contributed by atoms with van der Waals surface area (Å²) in [6, 6.07) is 25.8. The highest BCUT2D eigenvalue weighted by Crippen LogP contribution is 2.32. The summed E-state index contributed by atoms with van der Waals surface area (Å²) in [5, 5.41) is 12.6. The molecule has 3 aromatic carbocycles. The first kappa shape index (κ1) is 25.4. The van der Waals surface area contributed by atoms with Gasteiger partial charge in [-0.2, -0.15) is 0 Å². The van der Waals surface area contributed by atoms with Crippen LogP contribution in [-0.4, -0.2) is 31.8 Å². The number of hydrogen-bond donors (Lipinski definition) is 2. The lowest BCUT2D eigenvalue weighted by Crippen LogP contribution is -2.14. The molecule has 4 nitrogen and oxygen atoms in total. The first-order valence-electron chi connectivity index (χ1n) is 10.8. The van der Waals surface area contributed by atoms with Crippen LogP contribution in [0.3, 0.4) is 0 Å². The van der Waals surface area contributed by atoms with Crippen molar-refractivity contribution in [3.05, 3.63) is 101 Å². The molecule has 0 radical (unpaired) electrons. The number of carbonyl (C=O) groups is 1. The van der Waals surface area contributed by atoms with Gasteiger partial charge in [-0.3, -0.25) is 4.79 Å². The summed E-state index contributed by atoms with van der Waals surface area (Å²) < 4.78 is 5.31. The topological polar surface area (TPSA) is 58.6 Å². The molecular formula is C27H32ClNO3. The molecule has 3 rings (SSSR count). The summed E-state index contributed by atoms with van der Waals surface area (Å²) in [6.07, 6.45) is 2.00. The minimum Gasteiger partial charge on any atom is -0.495 e. The van der Waals surface area contributed by atoms with E-state index < -0.39 is 11.9 Å². The van der Waals surface area contributed by atoms with Crippen LogP contribution in [0.1, 0.15) is 41.9 Å². The highest BCUT2D eigenvalue weighted by molar-refractivity contribution is 6.32. The number of hydrogen-bond acceptors (Lipinski definition) is 3. The smallest absolute Gasteiger partial charge is 0.310 e. The van der Waals surface area contributed by atoms with Crippen molar-refractivity contribution in [3.8, 4) is 5.75 Å². The molecule has 3 aromatic rings. The summed E-state index contributed by atoms with van der Waals surface area (Å²) in [4.78, 5) is 10.5. The molecule has 0 aliphatic heterocycles. The van der Waals surface area contributed by atoms with Crippen molar-refractivity contribution in [2.24, 2.45) is 0 Å². The summed E-state index contributed by atoms with van der Waals surface area (Å²) in [6.45, 7) is 2.67. The van der Waals surface area contributed by atoms with Crippen molar-refractivity contribution < 1.29 is 14.6 Å². The maximum Gasteiger partial charge on any atom is 0.310 e. The minimum absolute atomic E-state index is 0.406. The predicted molar refractivity (Wildman–Crippen MR) is 132 cm³/mol. The van der Waals surface area contributed by atoms with E-state index in [0.717, 1.165) is 41.3 Å². The molecule has 2 atom stereocenters. The largest absolute Gasteiger partial charge is 0.495 e. The zero-order chi connectivity index (χ0) is 23.3. The lowest BCUT2D eigenvalue weighted by atomic mass is 9.89. The van der Waals surface area contributed by atoms with E-state index in [0.29, 0.717) is 5.92 Å². The van der Waals surface area contributed by atoms with Crippen LogP contribution in [0.4, 0.5) is 0 Å². The number of ether oxygens (including phenoxy) is 1. The number of halogens is 1. The molecule has 2 N–H and O–H groups in total. The number of nitrogens with one attached hydrogen (secondary N) is 1. The third-order valence-electron chi connectivity index (χ3n) is 5.41. The van der Waals surface area contributed by atoms with Crippen molar-refractivity contribution in [1.82, 2.24) is 5.32 Å². The Morgan fingerprint density at radius 2 is 1.56 bits per heavy atom. The average molecular weight is 454 g/mol. The van der Waals surface area contributed by atoms with Gasteiger partial charge in [-0.1, -0.05) is 84.4 Å². The molecule has 5 heteroatoms. The standard InChI is InChI=1S/C18H22ClNO.C9H10O2/c1-20-12-11-15(14-7-4-3-5-8-14)13-16-9-6-10-17(21-2)18(16)19;1-7(9(10)11)8-5-3-2-4-6-8/h3-10,15,20H,11-13H2,1-2H3;2-7H,1H3,(H,10,11). The Hall–Kier alpha value is -2.82. The van der Waals surface area contributed by atoms with E-state index in [9.17, 15) is 4.79 Å². The molecule has 32 heavy (non-hydrogen) atoms. The molecule has 0 heterocycles. The molecule has 0 saturated heterocycles. The van der Waals surface area contributed by atoms with E-state index >= 15 is 0 Å². The van der Waals surface area contributed by atoms with Crippen LogP contribution < -0.4 is 10.1 Å². The van der Waals surface area contributed by atoms with Gasteiger partial charge in [-0.15, -0.1) is 0 Å². The van der Waals surface area contributed by atoms with E-state index in [-0.39, 0.29) is 0 Å². The van der Waals surface area contributed by atoms with Crippen molar-refractivity contribution in [2.75, 3.05) is 20.7 Å². The Balaban J connectivity index is 0.000000278. The van der Waals surface area contributed by atoms with Gasteiger partial charge in [-0.25, -0.2) is 0 Å². The maximum absolute atomic E-state index is 10.5. The number of carboxylic acid groups (broad SMARTS) is 1. The molecule has 0 amide bonds. The number of aliphatic carboxylic acids is 1. The second-order valence-electron chi connectivity index (χ2n) is 7.61. The predicted octanol–water partition coefficient (Wildman–Crippen LogP) is 6.16. The van der Waals surface area contributed by atoms with E-state index in [1.807, 2.05) is 49.5 Å². The molecule has 2 unspecified atom stereocenters. The second kappa shape index (κ2) is 13.6. The third kappa shape index (κ3) is 7.70. The molecule has 0 fully saturated rings. The third-order valence-corrected chi connectivity index (χ3v) is 5.84. The average Bonchev–Trinajstić information content (AvgIpc) is 2.83. The number of methoxy groups -OCH3 is 1. The van der Waals surface area contributed by atoms with Gasteiger partial charge in [0.05, 0.1) is 18.1 Å². The van der Waals surface area contributed by atoms with Gasteiger partial charge >= 0.3 is 5.97 Å². The Morgan fingerprint density at radius 3 is 2.09 bits per heavy atom. The first-order chi connectivity index (χ1) is 15.5. The van der Waals surface area contributed by atoms with Crippen LogP contribution in [0, 0.1) is 0 Å². The normalized spacial score (nSPS) is 12.2. The fraction of sp³-hybridized carbons (Fsp3) is 0.296. The van der Waals surface area contributed by atoms with Crippen molar-refractivity contribution >= 4 is 17.6 Å². The summed E-state index contributed by atoms with van der Waals surface area (Å²) in [5.41, 5.74) is 3.34. The summed E-state index contributed by atoms with van der Waals surface area (Å²) >= 11 is 6.43. The van der Waals surface area contributed by atoms with Crippen molar-refractivity contribution in [2.45, 2.75) is 31.6 Å². The highest BCUT2D eigenvalue weighted by Gasteiger charge is 2.15. The van der Waals surface area contributed by atoms with Crippen LogP contribution in [0.5, 0.6) is 5.75 Å². The van der Waals surface area contributed by atoms with Crippen LogP contribution in [0.15, 0.2) is 78.9 Å². The number of rotatable bonds is 9. The molecule has 0 aliphatic rings. The summed E-state index contributed by atoms with van der Waals surface area (Å²) in [5.74, 6) is 0.00486. The van der Waals surface area contributed by atoms with E-state index in [1.54, 1.807) is 14.0 Å². The molecular weight excluding hydrogens is 422 g/mol. The van der Waals surface area contributed by atoms with E-state index in [1.165, 1.54) is 5.56 Å². The fourth-order valence-corrected chi connectivity index (χ4v) is 3.73. The van der Waals surface area contributed by atoms with Crippen molar-refractivity contribution in [3.63, 3.8) is 0 Å². The monoisotopic (exact) mass is 453 g/mol. The quantitative estimate of drug-likeness (QED) is 0.407. The van der Waals surface area contributed by atoms with Gasteiger partial charge in [0.1, 0.15) is 5.75 Å². The van der Waals surface area contributed by atoms with Gasteiger partial charge in [0.2, 0.25) is 0 Å². The Morgan fingerprint density at radius 1 is 0.969 bits per heavy atom. The Labute approximate surface area is 196 Å². The minimum atomic E-state index is -0.781. The van der Waals surface area contributed by atoms with E-state index in [4.69, 9.17) is 21.4 Å². The van der Waals surface area contributed by atoms with Gasteiger partial charge in [0.15, 0.2) is 0 Å².